The topological polar surface area (TPSA) is 106 Å². The second-order valence-corrected chi connectivity index (χ2v) is 4.44. The lowest BCUT2D eigenvalue weighted by molar-refractivity contribution is -0.121. The number of carbonyl (C=O) groups excluding carboxylic acids is 1. The van der Waals surface area contributed by atoms with Crippen molar-refractivity contribution in [3.05, 3.63) is 42.5 Å². The van der Waals surface area contributed by atoms with E-state index in [0.29, 0.717) is 31.9 Å². The third-order valence-electron chi connectivity index (χ3n) is 2.83. The number of rotatable bonds is 8. The Morgan fingerprint density at radius 2 is 2.05 bits per heavy atom. The monoisotopic (exact) mass is 304 g/mol. The van der Waals surface area contributed by atoms with Gasteiger partial charge in [-0.25, -0.2) is 9.78 Å². The first kappa shape index (κ1) is 15.5. The third kappa shape index (κ3) is 4.89. The largest absolute Gasteiger partial charge is 0.492 e. The summed E-state index contributed by atoms with van der Waals surface area (Å²) in [5.41, 5.74) is 0.203. The fraction of sp³-hybridized carbons (Fsp3) is 0.286. The van der Waals surface area contributed by atoms with Crippen molar-refractivity contribution in [2.75, 3.05) is 13.2 Å². The molecule has 0 unspecified atom stereocenters. The zero-order valence-electron chi connectivity index (χ0n) is 11.8. The number of ether oxygens (including phenoxy) is 1. The number of amides is 1. The molecule has 2 aromatic rings. The molecule has 0 bridgehead atoms. The predicted molar refractivity (Wildman–Crippen MR) is 76.5 cm³/mol. The number of carbonyl (C=O) groups is 2. The number of nitrogens with zero attached hydrogens (tertiary/aromatic N) is 3. The number of benzene rings is 1. The minimum atomic E-state index is -0.980. The van der Waals surface area contributed by atoms with Crippen molar-refractivity contribution >= 4 is 11.9 Å². The lowest BCUT2D eigenvalue weighted by Crippen LogP contribution is -2.28. The van der Waals surface area contributed by atoms with Gasteiger partial charge in [0.05, 0.1) is 18.7 Å². The van der Waals surface area contributed by atoms with Gasteiger partial charge in [0.15, 0.2) is 0 Å². The van der Waals surface area contributed by atoms with Crippen molar-refractivity contribution in [1.29, 1.82) is 0 Å². The van der Waals surface area contributed by atoms with E-state index in [1.54, 1.807) is 23.1 Å². The summed E-state index contributed by atoms with van der Waals surface area (Å²) in [7, 11) is 0. The second-order valence-electron chi connectivity index (χ2n) is 4.44. The van der Waals surface area contributed by atoms with Gasteiger partial charge in [0.25, 0.3) is 0 Å². The maximum absolute atomic E-state index is 11.6. The summed E-state index contributed by atoms with van der Waals surface area (Å²) >= 11 is 0. The molecule has 2 N–H and O–H groups in total. The van der Waals surface area contributed by atoms with Gasteiger partial charge in [0.2, 0.25) is 5.91 Å². The molecule has 0 aliphatic carbocycles. The number of carboxylic acid groups (broad SMARTS) is 1. The highest BCUT2D eigenvalue weighted by molar-refractivity contribution is 5.87. The van der Waals surface area contributed by atoms with Crippen molar-refractivity contribution < 1.29 is 19.4 Å². The van der Waals surface area contributed by atoms with Crippen LogP contribution in [-0.4, -0.2) is 44.9 Å². The first-order valence-electron chi connectivity index (χ1n) is 6.70. The van der Waals surface area contributed by atoms with Gasteiger partial charge in [-0.1, -0.05) is 0 Å². The molecule has 0 aliphatic rings. The summed E-state index contributed by atoms with van der Waals surface area (Å²) in [5.74, 6) is -0.520. The van der Waals surface area contributed by atoms with Crippen LogP contribution >= 0.6 is 0 Å². The lowest BCUT2D eigenvalue weighted by Gasteiger charge is -2.08. The van der Waals surface area contributed by atoms with E-state index in [4.69, 9.17) is 9.84 Å². The molecule has 1 aromatic carbocycles. The van der Waals surface area contributed by atoms with Crippen LogP contribution in [0.4, 0.5) is 0 Å². The molecule has 116 valence electrons. The van der Waals surface area contributed by atoms with Gasteiger partial charge in [-0.05, 0) is 24.3 Å². The number of aromatic nitrogens is 3. The smallest absolute Gasteiger partial charge is 0.335 e. The molecular weight excluding hydrogens is 288 g/mol. The predicted octanol–water partition coefficient (Wildman–Crippen LogP) is 0.562. The van der Waals surface area contributed by atoms with Gasteiger partial charge in [-0.3, -0.25) is 9.48 Å². The maximum Gasteiger partial charge on any atom is 0.335 e. The molecule has 0 saturated heterocycles. The van der Waals surface area contributed by atoms with E-state index in [2.05, 4.69) is 15.4 Å². The molecule has 22 heavy (non-hydrogen) atoms. The lowest BCUT2D eigenvalue weighted by atomic mass is 10.2. The first-order chi connectivity index (χ1) is 10.6. The molecule has 0 radical (unpaired) electrons. The number of hydrogen-bond donors (Lipinski definition) is 2. The molecule has 0 saturated carbocycles. The van der Waals surface area contributed by atoms with Gasteiger partial charge < -0.3 is 15.2 Å². The van der Waals surface area contributed by atoms with Crippen LogP contribution in [-0.2, 0) is 11.3 Å². The van der Waals surface area contributed by atoms with Gasteiger partial charge in [0, 0.05) is 6.42 Å². The van der Waals surface area contributed by atoms with Crippen molar-refractivity contribution in [1.82, 2.24) is 20.1 Å². The van der Waals surface area contributed by atoms with Gasteiger partial charge >= 0.3 is 5.97 Å². The Hall–Kier alpha value is -2.90. The average Bonchev–Trinajstić information content (AvgIpc) is 3.03. The molecule has 0 atom stereocenters. The minimum absolute atomic E-state index is 0.0969. The van der Waals surface area contributed by atoms with Crippen LogP contribution < -0.4 is 10.1 Å². The normalized spacial score (nSPS) is 10.2. The third-order valence-corrected chi connectivity index (χ3v) is 2.83. The quantitative estimate of drug-likeness (QED) is 0.690. The van der Waals surface area contributed by atoms with Crippen LogP contribution in [0.15, 0.2) is 36.9 Å². The van der Waals surface area contributed by atoms with Crippen molar-refractivity contribution in [3.63, 3.8) is 0 Å². The fourth-order valence-electron chi connectivity index (χ4n) is 1.71. The molecule has 8 heteroatoms. The zero-order valence-corrected chi connectivity index (χ0v) is 11.8. The van der Waals surface area contributed by atoms with Crippen LogP contribution in [0.3, 0.4) is 0 Å². The highest BCUT2D eigenvalue weighted by atomic mass is 16.5. The number of aryl methyl sites for hydroxylation is 1. The SMILES string of the molecule is O=C(CCn1cncn1)NCCOc1ccc(C(=O)O)cc1. The number of nitrogens with one attached hydrogen (secondary N) is 1. The van der Waals surface area contributed by atoms with E-state index < -0.39 is 5.97 Å². The number of aromatic carboxylic acids is 1. The maximum atomic E-state index is 11.6. The molecule has 1 heterocycles. The second kappa shape index (κ2) is 7.77. The summed E-state index contributed by atoms with van der Waals surface area (Å²) in [6, 6.07) is 6.09. The number of carboxylic acids is 1. The van der Waals surface area contributed by atoms with Gasteiger partial charge in [-0.15, -0.1) is 0 Å². The van der Waals surface area contributed by atoms with Crippen LogP contribution in [0.5, 0.6) is 5.75 Å². The van der Waals surface area contributed by atoms with Crippen LogP contribution in [0.1, 0.15) is 16.8 Å². The Balaban J connectivity index is 1.62. The Labute approximate surface area is 126 Å². The molecule has 0 aliphatic heterocycles. The summed E-state index contributed by atoms with van der Waals surface area (Å²) in [4.78, 5) is 26.1. The van der Waals surface area contributed by atoms with E-state index in [0.717, 1.165) is 0 Å². The van der Waals surface area contributed by atoms with Gasteiger partial charge in [0.1, 0.15) is 25.0 Å². The van der Waals surface area contributed by atoms with E-state index in [1.165, 1.54) is 18.5 Å². The summed E-state index contributed by atoms with van der Waals surface area (Å²) in [5, 5.41) is 15.4. The highest BCUT2D eigenvalue weighted by Crippen LogP contribution is 2.11. The first-order valence-corrected chi connectivity index (χ1v) is 6.70. The average molecular weight is 304 g/mol. The molecule has 0 fully saturated rings. The molecule has 8 nitrogen and oxygen atoms in total. The number of hydrogen-bond acceptors (Lipinski definition) is 5. The van der Waals surface area contributed by atoms with E-state index in [-0.39, 0.29) is 11.5 Å². The highest BCUT2D eigenvalue weighted by Gasteiger charge is 2.03. The van der Waals surface area contributed by atoms with E-state index >= 15 is 0 Å². The van der Waals surface area contributed by atoms with E-state index in [9.17, 15) is 9.59 Å². The minimum Gasteiger partial charge on any atom is -0.492 e. The standard InChI is InChI=1S/C14H16N4O4/c19-13(5-7-18-10-15-9-17-18)16-6-8-22-12-3-1-11(2-4-12)14(20)21/h1-4,9-10H,5-8H2,(H,16,19)(H,20,21). The molecule has 0 spiro atoms. The Morgan fingerprint density at radius 1 is 1.27 bits per heavy atom. The Bertz CT molecular complexity index is 610. The van der Waals surface area contributed by atoms with E-state index in [1.807, 2.05) is 0 Å². The summed E-state index contributed by atoms with van der Waals surface area (Å²) in [6.45, 7) is 1.15. The Morgan fingerprint density at radius 3 is 2.68 bits per heavy atom. The molecular formula is C14H16N4O4. The zero-order chi connectivity index (χ0) is 15.8. The summed E-state index contributed by atoms with van der Waals surface area (Å²) < 4.78 is 6.99. The van der Waals surface area contributed by atoms with Crippen LogP contribution in [0, 0.1) is 0 Å². The fourth-order valence-corrected chi connectivity index (χ4v) is 1.71. The van der Waals surface area contributed by atoms with Gasteiger partial charge in [-0.2, -0.15) is 5.10 Å². The van der Waals surface area contributed by atoms with Crippen molar-refractivity contribution in [3.8, 4) is 5.75 Å². The van der Waals surface area contributed by atoms with Crippen molar-refractivity contribution in [2.45, 2.75) is 13.0 Å². The van der Waals surface area contributed by atoms with Crippen LogP contribution in [0.25, 0.3) is 0 Å². The van der Waals surface area contributed by atoms with Crippen LogP contribution in [0.2, 0.25) is 0 Å². The molecule has 2 rings (SSSR count). The molecule has 1 amide bonds. The Kier molecular flexibility index (Phi) is 5.47. The molecule has 1 aromatic heterocycles. The van der Waals surface area contributed by atoms with Crippen molar-refractivity contribution in [2.24, 2.45) is 0 Å². The summed E-state index contributed by atoms with van der Waals surface area (Å²) in [6.07, 6.45) is 3.29.